The van der Waals surface area contributed by atoms with E-state index in [4.69, 9.17) is 4.74 Å². The molecule has 92 valence electrons. The van der Waals surface area contributed by atoms with Crippen LogP contribution in [0.1, 0.15) is 21.5 Å². The predicted octanol–water partition coefficient (Wildman–Crippen LogP) is 4.29. The van der Waals surface area contributed by atoms with E-state index in [1.54, 1.807) is 12.1 Å². The van der Waals surface area contributed by atoms with Gasteiger partial charge in [0.1, 0.15) is 5.75 Å². The molecule has 18 heavy (non-hydrogen) atoms. The second kappa shape index (κ2) is 5.36. The van der Waals surface area contributed by atoms with E-state index in [0.29, 0.717) is 11.3 Å². The van der Waals surface area contributed by atoms with Gasteiger partial charge in [0, 0.05) is 0 Å². The lowest BCUT2D eigenvalue weighted by atomic mass is 10.1. The number of aryl methyl sites for hydroxylation is 2. The molecule has 3 heteroatoms. The monoisotopic (exact) mass is 304 g/mol. The molecule has 2 aromatic rings. The van der Waals surface area contributed by atoms with E-state index in [1.807, 2.05) is 44.2 Å². The highest BCUT2D eigenvalue weighted by molar-refractivity contribution is 9.10. The van der Waals surface area contributed by atoms with Crippen LogP contribution < -0.4 is 4.74 Å². The molecular formula is C15H13BrO2. The number of benzene rings is 2. The molecule has 2 aromatic carbocycles. The van der Waals surface area contributed by atoms with Crippen LogP contribution in [0.15, 0.2) is 46.9 Å². The lowest BCUT2D eigenvalue weighted by molar-refractivity contribution is 0.0733. The molecule has 0 unspecified atom stereocenters. The molecule has 0 aliphatic carbocycles. The van der Waals surface area contributed by atoms with E-state index in [2.05, 4.69) is 15.9 Å². The predicted molar refractivity (Wildman–Crippen MR) is 75.0 cm³/mol. The Labute approximate surface area is 115 Å². The molecule has 0 spiro atoms. The van der Waals surface area contributed by atoms with E-state index >= 15 is 0 Å². The molecule has 0 N–H and O–H groups in total. The van der Waals surface area contributed by atoms with Gasteiger partial charge < -0.3 is 4.74 Å². The molecule has 0 aliphatic heterocycles. The Morgan fingerprint density at radius 2 is 1.83 bits per heavy atom. The summed E-state index contributed by atoms with van der Waals surface area (Å²) in [6.07, 6.45) is 0. The fraction of sp³-hybridized carbons (Fsp3) is 0.133. The van der Waals surface area contributed by atoms with Gasteiger partial charge in [-0.3, -0.25) is 0 Å². The van der Waals surface area contributed by atoms with Crippen molar-refractivity contribution in [2.75, 3.05) is 0 Å². The van der Waals surface area contributed by atoms with Crippen LogP contribution in [0, 0.1) is 13.8 Å². The Balaban J connectivity index is 2.24. The second-order valence-electron chi connectivity index (χ2n) is 4.14. The van der Waals surface area contributed by atoms with Gasteiger partial charge in [-0.1, -0.05) is 24.3 Å². The van der Waals surface area contributed by atoms with E-state index in [-0.39, 0.29) is 5.97 Å². The van der Waals surface area contributed by atoms with Gasteiger partial charge in [-0.2, -0.15) is 0 Å². The molecule has 2 nitrogen and oxygen atoms in total. The van der Waals surface area contributed by atoms with Crippen LogP contribution in [0.25, 0.3) is 0 Å². The van der Waals surface area contributed by atoms with Gasteiger partial charge >= 0.3 is 5.97 Å². The number of carbonyl (C=O) groups excluding carboxylic acids is 1. The summed E-state index contributed by atoms with van der Waals surface area (Å²) in [5.41, 5.74) is 2.60. The van der Waals surface area contributed by atoms with Crippen LogP contribution in [0.2, 0.25) is 0 Å². The zero-order valence-corrected chi connectivity index (χ0v) is 11.8. The zero-order valence-electron chi connectivity index (χ0n) is 10.2. The first-order valence-corrected chi connectivity index (χ1v) is 6.41. The third-order valence-corrected chi connectivity index (χ3v) is 3.27. The summed E-state index contributed by atoms with van der Waals surface area (Å²) in [5.74, 6) is 0.200. The molecular weight excluding hydrogens is 292 g/mol. The summed E-state index contributed by atoms with van der Waals surface area (Å²) in [6, 6.07) is 13.0. The van der Waals surface area contributed by atoms with Crippen LogP contribution >= 0.6 is 15.9 Å². The maximum Gasteiger partial charge on any atom is 0.343 e. The fourth-order valence-electron chi connectivity index (χ4n) is 1.65. The maximum absolute atomic E-state index is 12.0. The Hall–Kier alpha value is -1.61. The summed E-state index contributed by atoms with van der Waals surface area (Å²) >= 11 is 3.39. The van der Waals surface area contributed by atoms with Gasteiger partial charge in [0.2, 0.25) is 0 Å². The lowest BCUT2D eigenvalue weighted by Gasteiger charge is -2.08. The number of esters is 1. The van der Waals surface area contributed by atoms with Gasteiger partial charge in [-0.25, -0.2) is 4.79 Å². The minimum Gasteiger partial charge on any atom is -0.422 e. The average molecular weight is 305 g/mol. The highest BCUT2D eigenvalue weighted by atomic mass is 79.9. The van der Waals surface area contributed by atoms with Crippen molar-refractivity contribution in [3.8, 4) is 5.75 Å². The molecule has 0 saturated carbocycles. The summed E-state index contributed by atoms with van der Waals surface area (Å²) < 4.78 is 6.16. The van der Waals surface area contributed by atoms with Crippen LogP contribution in [-0.2, 0) is 0 Å². The fourth-order valence-corrected chi connectivity index (χ4v) is 2.22. The van der Waals surface area contributed by atoms with Crippen molar-refractivity contribution in [1.29, 1.82) is 0 Å². The highest BCUT2D eigenvalue weighted by Crippen LogP contribution is 2.26. The topological polar surface area (TPSA) is 26.3 Å². The van der Waals surface area contributed by atoms with Gasteiger partial charge in [-0.15, -0.1) is 0 Å². The van der Waals surface area contributed by atoms with Crippen molar-refractivity contribution >= 4 is 21.9 Å². The quantitative estimate of drug-likeness (QED) is 0.611. The van der Waals surface area contributed by atoms with Gasteiger partial charge in [0.25, 0.3) is 0 Å². The molecule has 0 atom stereocenters. The first-order valence-electron chi connectivity index (χ1n) is 5.62. The smallest absolute Gasteiger partial charge is 0.343 e. The zero-order chi connectivity index (χ0) is 13.1. The Kier molecular flexibility index (Phi) is 3.82. The van der Waals surface area contributed by atoms with Crippen LogP contribution in [0.5, 0.6) is 5.75 Å². The van der Waals surface area contributed by atoms with Crippen molar-refractivity contribution in [2.45, 2.75) is 13.8 Å². The minimum absolute atomic E-state index is 0.336. The molecule has 0 aromatic heterocycles. The largest absolute Gasteiger partial charge is 0.422 e. The number of halogens is 1. The van der Waals surface area contributed by atoms with E-state index in [9.17, 15) is 4.79 Å². The summed E-state index contributed by atoms with van der Waals surface area (Å²) in [7, 11) is 0. The SMILES string of the molecule is Cc1ccc(OC(=O)c2ccccc2C)c(Br)c1. The number of carbonyl (C=O) groups is 1. The first kappa shape index (κ1) is 12.8. The molecule has 2 rings (SSSR count). The Bertz CT molecular complexity index is 591. The van der Waals surface area contributed by atoms with Crippen LogP contribution in [0.3, 0.4) is 0 Å². The number of hydrogen-bond donors (Lipinski definition) is 0. The molecule has 0 radical (unpaired) electrons. The van der Waals surface area contributed by atoms with Crippen molar-refractivity contribution in [3.63, 3.8) is 0 Å². The normalized spacial score (nSPS) is 10.2. The van der Waals surface area contributed by atoms with Crippen molar-refractivity contribution < 1.29 is 9.53 Å². The maximum atomic E-state index is 12.0. The molecule has 0 heterocycles. The number of ether oxygens (including phenoxy) is 1. The number of hydrogen-bond acceptors (Lipinski definition) is 2. The Morgan fingerprint density at radius 1 is 1.11 bits per heavy atom. The van der Waals surface area contributed by atoms with Gasteiger partial charge in [-0.05, 0) is 59.1 Å². The van der Waals surface area contributed by atoms with E-state index < -0.39 is 0 Å². The second-order valence-corrected chi connectivity index (χ2v) is 4.99. The third-order valence-electron chi connectivity index (χ3n) is 2.66. The number of rotatable bonds is 2. The lowest BCUT2D eigenvalue weighted by Crippen LogP contribution is -2.10. The minimum atomic E-state index is -0.336. The average Bonchev–Trinajstić information content (AvgIpc) is 2.33. The Morgan fingerprint density at radius 3 is 2.50 bits per heavy atom. The third kappa shape index (κ3) is 2.79. The first-order chi connectivity index (χ1) is 8.58. The van der Waals surface area contributed by atoms with Crippen LogP contribution in [-0.4, -0.2) is 5.97 Å². The summed E-state index contributed by atoms with van der Waals surface area (Å²) in [6.45, 7) is 3.87. The summed E-state index contributed by atoms with van der Waals surface area (Å²) in [4.78, 5) is 12.0. The van der Waals surface area contributed by atoms with Crippen molar-refractivity contribution in [3.05, 3.63) is 63.6 Å². The summed E-state index contributed by atoms with van der Waals surface area (Å²) in [5, 5.41) is 0. The van der Waals surface area contributed by atoms with E-state index in [1.165, 1.54) is 0 Å². The van der Waals surface area contributed by atoms with Crippen LogP contribution in [0.4, 0.5) is 0 Å². The molecule has 0 bridgehead atoms. The molecule has 0 amide bonds. The van der Waals surface area contributed by atoms with Gasteiger partial charge in [0.15, 0.2) is 0 Å². The van der Waals surface area contributed by atoms with Crippen molar-refractivity contribution in [1.82, 2.24) is 0 Å². The van der Waals surface area contributed by atoms with E-state index in [0.717, 1.165) is 15.6 Å². The molecule has 0 fully saturated rings. The molecule has 0 aliphatic rings. The molecule has 0 saturated heterocycles. The standard InChI is InChI=1S/C15H13BrO2/c1-10-7-8-14(13(16)9-10)18-15(17)12-6-4-3-5-11(12)2/h3-9H,1-2H3. The highest BCUT2D eigenvalue weighted by Gasteiger charge is 2.12. The van der Waals surface area contributed by atoms with Crippen molar-refractivity contribution in [2.24, 2.45) is 0 Å². The van der Waals surface area contributed by atoms with Gasteiger partial charge in [0.05, 0.1) is 10.0 Å².